The second-order valence-electron chi connectivity index (χ2n) is 4.59. The van der Waals surface area contributed by atoms with E-state index in [1.807, 2.05) is 0 Å². The fourth-order valence-corrected chi connectivity index (χ4v) is 2.93. The summed E-state index contributed by atoms with van der Waals surface area (Å²) in [5, 5.41) is 1.45. The third-order valence-corrected chi connectivity index (χ3v) is 3.62. The number of hydrogen-bond acceptors (Lipinski definition) is 1. The van der Waals surface area contributed by atoms with Crippen LogP contribution in [0.15, 0.2) is 24.3 Å². The summed E-state index contributed by atoms with van der Waals surface area (Å²) in [6, 6.07) is 8.78. The van der Waals surface area contributed by atoms with Crippen LogP contribution in [0.3, 0.4) is 0 Å². The maximum Gasteiger partial charge on any atom is 0.0485 e. The fraction of sp³-hybridized carbons (Fsp3) is 0.429. The molecule has 0 aliphatic carbocycles. The van der Waals surface area contributed by atoms with Gasteiger partial charge in [-0.1, -0.05) is 18.2 Å². The molecule has 0 unspecified atom stereocenters. The molecule has 1 aromatic carbocycles. The lowest BCUT2D eigenvalue weighted by atomic mass is 10.0. The van der Waals surface area contributed by atoms with Crippen molar-refractivity contribution in [2.45, 2.75) is 32.2 Å². The normalized spacial score (nSPS) is 14.6. The second-order valence-corrected chi connectivity index (χ2v) is 4.59. The molecule has 0 saturated carbocycles. The van der Waals surface area contributed by atoms with Crippen LogP contribution in [0.1, 0.15) is 24.1 Å². The molecule has 2 N–H and O–H groups in total. The average molecular weight is 214 g/mol. The number of para-hydroxylation sites is 1. The van der Waals surface area contributed by atoms with Gasteiger partial charge in [0, 0.05) is 23.1 Å². The Labute approximate surface area is 96.1 Å². The van der Waals surface area contributed by atoms with Gasteiger partial charge in [-0.2, -0.15) is 0 Å². The zero-order valence-corrected chi connectivity index (χ0v) is 9.58. The van der Waals surface area contributed by atoms with E-state index in [-0.39, 0.29) is 0 Å². The SMILES string of the molecule is NCCCc1c2n(c3ccccc13)CCC2. The first-order chi connectivity index (χ1) is 7.92. The first kappa shape index (κ1) is 9.91. The van der Waals surface area contributed by atoms with Crippen LogP contribution in [0.4, 0.5) is 0 Å². The molecular weight excluding hydrogens is 196 g/mol. The number of fused-ring (bicyclic) bond motifs is 3. The van der Waals surface area contributed by atoms with E-state index < -0.39 is 0 Å². The van der Waals surface area contributed by atoms with Gasteiger partial charge in [-0.3, -0.25) is 0 Å². The molecule has 0 saturated heterocycles. The highest BCUT2D eigenvalue weighted by molar-refractivity contribution is 5.86. The van der Waals surface area contributed by atoms with E-state index in [2.05, 4.69) is 28.8 Å². The molecule has 0 atom stereocenters. The van der Waals surface area contributed by atoms with Gasteiger partial charge in [-0.05, 0) is 43.9 Å². The first-order valence-corrected chi connectivity index (χ1v) is 6.21. The van der Waals surface area contributed by atoms with Gasteiger partial charge in [-0.25, -0.2) is 0 Å². The highest BCUT2D eigenvalue weighted by atomic mass is 15.0. The van der Waals surface area contributed by atoms with Crippen LogP contribution in [-0.4, -0.2) is 11.1 Å². The Morgan fingerprint density at radius 3 is 3.00 bits per heavy atom. The molecule has 1 aromatic heterocycles. The number of benzene rings is 1. The third-order valence-electron chi connectivity index (χ3n) is 3.62. The Bertz CT molecular complexity index is 511. The first-order valence-electron chi connectivity index (χ1n) is 6.21. The highest BCUT2D eigenvalue weighted by Crippen LogP contribution is 2.31. The summed E-state index contributed by atoms with van der Waals surface area (Å²) in [7, 11) is 0. The van der Waals surface area contributed by atoms with E-state index in [1.165, 1.54) is 30.3 Å². The van der Waals surface area contributed by atoms with Gasteiger partial charge in [0.25, 0.3) is 0 Å². The Morgan fingerprint density at radius 1 is 1.25 bits per heavy atom. The van der Waals surface area contributed by atoms with E-state index in [0.29, 0.717) is 0 Å². The van der Waals surface area contributed by atoms with Crippen LogP contribution >= 0.6 is 0 Å². The number of nitrogens with two attached hydrogens (primary N) is 1. The molecule has 0 spiro atoms. The van der Waals surface area contributed by atoms with E-state index in [1.54, 1.807) is 11.3 Å². The minimum absolute atomic E-state index is 0.791. The van der Waals surface area contributed by atoms with Crippen LogP contribution in [0.5, 0.6) is 0 Å². The van der Waals surface area contributed by atoms with Crippen molar-refractivity contribution >= 4 is 10.9 Å². The lowest BCUT2D eigenvalue weighted by Crippen LogP contribution is -2.01. The Balaban J connectivity index is 2.17. The molecule has 0 bridgehead atoms. The molecular formula is C14H18N2. The van der Waals surface area contributed by atoms with E-state index in [4.69, 9.17) is 5.73 Å². The van der Waals surface area contributed by atoms with Crippen molar-refractivity contribution in [3.05, 3.63) is 35.5 Å². The summed E-state index contributed by atoms with van der Waals surface area (Å²) in [6.45, 7) is 1.98. The van der Waals surface area contributed by atoms with Crippen molar-refractivity contribution < 1.29 is 0 Å². The molecule has 0 fully saturated rings. The summed E-state index contributed by atoms with van der Waals surface area (Å²) >= 11 is 0. The average Bonchev–Trinajstić information content (AvgIpc) is 2.87. The predicted octanol–water partition coefficient (Wildman–Crippen LogP) is 2.48. The predicted molar refractivity (Wildman–Crippen MR) is 67.6 cm³/mol. The third kappa shape index (κ3) is 1.37. The lowest BCUT2D eigenvalue weighted by Gasteiger charge is -2.01. The van der Waals surface area contributed by atoms with Crippen LogP contribution < -0.4 is 5.73 Å². The molecule has 16 heavy (non-hydrogen) atoms. The lowest BCUT2D eigenvalue weighted by molar-refractivity contribution is 0.771. The minimum atomic E-state index is 0.791. The molecule has 2 heteroatoms. The van der Waals surface area contributed by atoms with Gasteiger partial charge >= 0.3 is 0 Å². The molecule has 0 amide bonds. The largest absolute Gasteiger partial charge is 0.344 e. The van der Waals surface area contributed by atoms with Crippen molar-refractivity contribution in [3.8, 4) is 0 Å². The molecule has 2 aromatic rings. The second kappa shape index (κ2) is 3.95. The number of aryl methyl sites for hydroxylation is 2. The van der Waals surface area contributed by atoms with E-state index in [0.717, 1.165) is 19.4 Å². The smallest absolute Gasteiger partial charge is 0.0485 e. The van der Waals surface area contributed by atoms with Crippen LogP contribution in [0, 0.1) is 0 Å². The summed E-state index contributed by atoms with van der Waals surface area (Å²) in [5.41, 5.74) is 10.2. The van der Waals surface area contributed by atoms with Crippen molar-refractivity contribution in [1.82, 2.24) is 4.57 Å². The van der Waals surface area contributed by atoms with E-state index >= 15 is 0 Å². The molecule has 1 aliphatic rings. The molecule has 0 radical (unpaired) electrons. The van der Waals surface area contributed by atoms with Crippen LogP contribution in [0.25, 0.3) is 10.9 Å². The minimum Gasteiger partial charge on any atom is -0.344 e. The number of hydrogen-bond donors (Lipinski definition) is 1. The Kier molecular flexibility index (Phi) is 2.44. The number of rotatable bonds is 3. The molecule has 2 heterocycles. The summed E-state index contributed by atoms with van der Waals surface area (Å²) < 4.78 is 2.50. The van der Waals surface area contributed by atoms with E-state index in [9.17, 15) is 0 Å². The monoisotopic (exact) mass is 214 g/mol. The fourth-order valence-electron chi connectivity index (χ4n) is 2.93. The number of aromatic nitrogens is 1. The Morgan fingerprint density at radius 2 is 2.12 bits per heavy atom. The number of nitrogens with zero attached hydrogens (tertiary/aromatic N) is 1. The zero-order valence-electron chi connectivity index (χ0n) is 9.58. The molecule has 1 aliphatic heterocycles. The van der Waals surface area contributed by atoms with Gasteiger partial charge in [0.1, 0.15) is 0 Å². The quantitative estimate of drug-likeness (QED) is 0.836. The maximum atomic E-state index is 5.63. The molecule has 84 valence electrons. The van der Waals surface area contributed by atoms with Crippen molar-refractivity contribution in [2.24, 2.45) is 5.73 Å². The topological polar surface area (TPSA) is 30.9 Å². The molecule has 2 nitrogen and oxygen atoms in total. The maximum absolute atomic E-state index is 5.63. The zero-order chi connectivity index (χ0) is 11.0. The summed E-state index contributed by atoms with van der Waals surface area (Å²) in [5.74, 6) is 0. The van der Waals surface area contributed by atoms with Crippen molar-refractivity contribution in [1.29, 1.82) is 0 Å². The van der Waals surface area contributed by atoms with Gasteiger partial charge in [0.15, 0.2) is 0 Å². The molecule has 3 rings (SSSR count). The van der Waals surface area contributed by atoms with Gasteiger partial charge in [0.05, 0.1) is 0 Å². The van der Waals surface area contributed by atoms with Crippen molar-refractivity contribution in [2.75, 3.05) is 6.54 Å². The highest BCUT2D eigenvalue weighted by Gasteiger charge is 2.19. The van der Waals surface area contributed by atoms with Crippen molar-refractivity contribution in [3.63, 3.8) is 0 Å². The van der Waals surface area contributed by atoms with Crippen LogP contribution in [-0.2, 0) is 19.4 Å². The van der Waals surface area contributed by atoms with Gasteiger partial charge < -0.3 is 10.3 Å². The summed E-state index contributed by atoms with van der Waals surface area (Å²) in [4.78, 5) is 0. The standard InChI is InChI=1S/C14H18N2/c15-9-3-6-12-11-5-1-2-7-13(11)16-10-4-8-14(12)16/h1-2,5,7H,3-4,6,8-10,15H2. The summed E-state index contributed by atoms with van der Waals surface area (Å²) in [6.07, 6.45) is 4.78. The van der Waals surface area contributed by atoms with Crippen LogP contribution in [0.2, 0.25) is 0 Å². The Hall–Kier alpha value is -1.28. The van der Waals surface area contributed by atoms with Gasteiger partial charge in [-0.15, -0.1) is 0 Å². The van der Waals surface area contributed by atoms with Gasteiger partial charge in [0.2, 0.25) is 0 Å².